The summed E-state index contributed by atoms with van der Waals surface area (Å²) < 4.78 is 23.4. The molecule has 0 fully saturated rings. The first-order valence-corrected chi connectivity index (χ1v) is 6.62. The van der Waals surface area contributed by atoms with Crippen molar-refractivity contribution in [3.63, 3.8) is 0 Å². The predicted octanol–water partition coefficient (Wildman–Crippen LogP) is 3.47. The lowest BCUT2D eigenvalue weighted by Gasteiger charge is -2.12. The number of halogens is 1. The van der Waals surface area contributed by atoms with Crippen LogP contribution in [0.2, 0.25) is 0 Å². The Bertz CT molecular complexity index is 781. The van der Waals surface area contributed by atoms with Gasteiger partial charge in [-0.1, -0.05) is 6.07 Å². The van der Waals surface area contributed by atoms with E-state index in [1.54, 1.807) is 0 Å². The molecule has 0 unspecified atom stereocenters. The number of benzene rings is 2. The number of amides is 1. The molecule has 2 aromatic rings. The van der Waals surface area contributed by atoms with Crippen LogP contribution in [0.5, 0.6) is 5.75 Å². The normalized spacial score (nSPS) is 10.2. The Hall–Kier alpha value is -3.20. The van der Waals surface area contributed by atoms with E-state index in [4.69, 9.17) is 14.6 Å². The Morgan fingerprint density at radius 2 is 2.08 bits per heavy atom. The molecule has 0 saturated carbocycles. The molecule has 2 aromatic carbocycles. The molecular formula is C15H13FN2O6. The van der Waals surface area contributed by atoms with Gasteiger partial charge in [0, 0.05) is 24.8 Å². The van der Waals surface area contributed by atoms with Crippen molar-refractivity contribution < 1.29 is 28.7 Å². The third-order valence-electron chi connectivity index (χ3n) is 3.02. The van der Waals surface area contributed by atoms with Crippen molar-refractivity contribution in [1.29, 1.82) is 0 Å². The molecular weight excluding hydrogens is 323 g/mol. The van der Waals surface area contributed by atoms with Crippen LogP contribution >= 0.6 is 0 Å². The van der Waals surface area contributed by atoms with Gasteiger partial charge in [0.15, 0.2) is 6.79 Å². The van der Waals surface area contributed by atoms with Crippen LogP contribution in [-0.4, -0.2) is 30.0 Å². The van der Waals surface area contributed by atoms with Crippen molar-refractivity contribution >= 4 is 17.5 Å². The van der Waals surface area contributed by atoms with Crippen LogP contribution in [-0.2, 0) is 4.74 Å². The Balaban J connectivity index is 2.51. The molecule has 1 amide bonds. The topological polar surface area (TPSA) is 111 Å². The van der Waals surface area contributed by atoms with Crippen molar-refractivity contribution in [1.82, 2.24) is 0 Å². The van der Waals surface area contributed by atoms with Gasteiger partial charge < -0.3 is 14.6 Å². The van der Waals surface area contributed by atoms with E-state index in [0.717, 1.165) is 6.07 Å². The number of nitro benzene ring substituents is 1. The molecule has 126 valence electrons. The van der Waals surface area contributed by atoms with Crippen molar-refractivity contribution in [2.45, 2.75) is 0 Å². The number of hydrogen-bond acceptors (Lipinski definition) is 5. The summed E-state index contributed by atoms with van der Waals surface area (Å²) in [7, 11) is 1.40. The van der Waals surface area contributed by atoms with Crippen molar-refractivity contribution in [3.05, 3.63) is 52.3 Å². The lowest BCUT2D eigenvalue weighted by molar-refractivity contribution is -0.383. The zero-order valence-electron chi connectivity index (χ0n) is 12.5. The summed E-state index contributed by atoms with van der Waals surface area (Å²) in [4.78, 5) is 21.1. The number of anilines is 1. The minimum absolute atomic E-state index is 0.128. The molecule has 2 N–H and O–H groups in total. The molecule has 0 bridgehead atoms. The highest BCUT2D eigenvalue weighted by molar-refractivity contribution is 5.88. The summed E-state index contributed by atoms with van der Waals surface area (Å²) in [6.45, 7) is -0.128. The maximum Gasteiger partial charge on any atom is 0.409 e. The number of nitro groups is 1. The molecule has 0 radical (unpaired) electrons. The molecule has 0 saturated heterocycles. The molecule has 0 aromatic heterocycles. The highest BCUT2D eigenvalue weighted by Gasteiger charge is 2.18. The van der Waals surface area contributed by atoms with Crippen LogP contribution in [0.1, 0.15) is 0 Å². The van der Waals surface area contributed by atoms with E-state index >= 15 is 0 Å². The fourth-order valence-corrected chi connectivity index (χ4v) is 2.05. The van der Waals surface area contributed by atoms with E-state index < -0.39 is 22.5 Å². The number of methoxy groups -OCH3 is 1. The predicted molar refractivity (Wildman–Crippen MR) is 82.6 cm³/mol. The number of carboxylic acid groups (broad SMARTS) is 1. The fraction of sp³-hybridized carbons (Fsp3) is 0.133. The van der Waals surface area contributed by atoms with Gasteiger partial charge in [-0.25, -0.2) is 9.18 Å². The number of nitrogens with zero attached hydrogens (tertiary/aromatic N) is 1. The van der Waals surface area contributed by atoms with E-state index in [9.17, 15) is 19.3 Å². The molecule has 0 aliphatic carbocycles. The van der Waals surface area contributed by atoms with E-state index in [0.29, 0.717) is 11.1 Å². The summed E-state index contributed by atoms with van der Waals surface area (Å²) in [5.41, 5.74) is 0.164. The lowest BCUT2D eigenvalue weighted by Crippen LogP contribution is -2.09. The molecule has 0 aliphatic rings. The van der Waals surface area contributed by atoms with Gasteiger partial charge in [0.25, 0.3) is 5.69 Å². The molecule has 0 spiro atoms. The van der Waals surface area contributed by atoms with Crippen LogP contribution in [0.3, 0.4) is 0 Å². The number of ether oxygens (including phenoxy) is 2. The average molecular weight is 336 g/mol. The van der Waals surface area contributed by atoms with Crippen LogP contribution in [0.25, 0.3) is 11.1 Å². The van der Waals surface area contributed by atoms with Crippen molar-refractivity contribution in [2.24, 2.45) is 0 Å². The van der Waals surface area contributed by atoms with Gasteiger partial charge in [-0.05, 0) is 23.8 Å². The maximum absolute atomic E-state index is 13.4. The summed E-state index contributed by atoms with van der Waals surface area (Å²) in [6, 6.07) is 7.62. The number of carbonyl (C=O) groups is 1. The highest BCUT2D eigenvalue weighted by Crippen LogP contribution is 2.35. The van der Waals surface area contributed by atoms with Gasteiger partial charge >= 0.3 is 6.09 Å². The van der Waals surface area contributed by atoms with E-state index in [1.165, 1.54) is 37.4 Å². The lowest BCUT2D eigenvalue weighted by atomic mass is 10.0. The SMILES string of the molecule is COCOc1cc(F)ccc1-c1ccc(NC(=O)O)c([N+](=O)[O-])c1. The third-order valence-corrected chi connectivity index (χ3v) is 3.02. The van der Waals surface area contributed by atoms with Crippen LogP contribution in [0.4, 0.5) is 20.6 Å². The largest absolute Gasteiger partial charge is 0.467 e. The Morgan fingerprint density at radius 3 is 2.71 bits per heavy atom. The first-order chi connectivity index (χ1) is 11.4. The Morgan fingerprint density at radius 1 is 1.33 bits per heavy atom. The first-order valence-electron chi connectivity index (χ1n) is 6.62. The van der Waals surface area contributed by atoms with E-state index in [2.05, 4.69) is 0 Å². The first kappa shape index (κ1) is 17.2. The molecule has 24 heavy (non-hydrogen) atoms. The highest BCUT2D eigenvalue weighted by atomic mass is 19.1. The fourth-order valence-electron chi connectivity index (χ4n) is 2.05. The zero-order chi connectivity index (χ0) is 17.7. The van der Waals surface area contributed by atoms with Gasteiger partial charge in [0.05, 0.1) is 4.92 Å². The summed E-state index contributed by atoms with van der Waals surface area (Å²) in [5.74, 6) is -0.395. The van der Waals surface area contributed by atoms with Gasteiger partial charge in [0.1, 0.15) is 17.3 Å². The monoisotopic (exact) mass is 336 g/mol. The number of nitrogens with one attached hydrogen (secondary N) is 1. The van der Waals surface area contributed by atoms with E-state index in [-0.39, 0.29) is 18.2 Å². The van der Waals surface area contributed by atoms with Gasteiger partial charge in [0.2, 0.25) is 0 Å². The average Bonchev–Trinajstić information content (AvgIpc) is 2.53. The zero-order valence-corrected chi connectivity index (χ0v) is 12.5. The second kappa shape index (κ2) is 7.38. The Labute approximate surface area is 135 Å². The van der Waals surface area contributed by atoms with Crippen LogP contribution in [0, 0.1) is 15.9 Å². The molecule has 2 rings (SSSR count). The number of rotatable bonds is 6. The van der Waals surface area contributed by atoms with Gasteiger partial charge in [-0.15, -0.1) is 0 Å². The minimum Gasteiger partial charge on any atom is -0.467 e. The summed E-state index contributed by atoms with van der Waals surface area (Å²) in [6.07, 6.45) is -1.42. The maximum atomic E-state index is 13.4. The Kier molecular flexibility index (Phi) is 5.27. The van der Waals surface area contributed by atoms with Crippen LogP contribution in [0.15, 0.2) is 36.4 Å². The van der Waals surface area contributed by atoms with Crippen molar-refractivity contribution in [3.8, 4) is 16.9 Å². The number of hydrogen-bond donors (Lipinski definition) is 2. The quantitative estimate of drug-likeness (QED) is 0.475. The molecule has 9 heteroatoms. The van der Waals surface area contributed by atoms with Gasteiger partial charge in [-0.2, -0.15) is 0 Å². The van der Waals surface area contributed by atoms with Gasteiger partial charge in [-0.3, -0.25) is 15.4 Å². The second-order valence-corrected chi connectivity index (χ2v) is 4.61. The molecule has 8 nitrogen and oxygen atoms in total. The standard InChI is InChI=1S/C15H13FN2O6/c1-23-8-24-14-7-10(16)3-4-11(14)9-2-5-12(17-15(19)20)13(6-9)18(21)22/h2-7,17H,8H2,1H3,(H,19,20). The second-order valence-electron chi connectivity index (χ2n) is 4.61. The molecule has 0 atom stereocenters. The van der Waals surface area contributed by atoms with Crippen LogP contribution < -0.4 is 10.1 Å². The summed E-state index contributed by atoms with van der Waals surface area (Å²) in [5, 5.41) is 21.8. The third kappa shape index (κ3) is 3.96. The molecule has 0 aliphatic heterocycles. The van der Waals surface area contributed by atoms with Crippen molar-refractivity contribution in [2.75, 3.05) is 19.2 Å². The minimum atomic E-state index is -1.42. The smallest absolute Gasteiger partial charge is 0.409 e. The summed E-state index contributed by atoms with van der Waals surface area (Å²) >= 11 is 0. The molecule has 0 heterocycles. The van der Waals surface area contributed by atoms with E-state index in [1.807, 2.05) is 5.32 Å².